The molecule has 2 aliphatic heterocycles. The summed E-state index contributed by atoms with van der Waals surface area (Å²) in [5, 5.41) is 26.4. The molecule has 0 aliphatic carbocycles. The third-order valence-corrected chi connectivity index (χ3v) is 6.20. The minimum Gasteiger partial charge on any atom is -0.477 e. The van der Waals surface area contributed by atoms with Gasteiger partial charge in [0.25, 0.3) is 5.91 Å². The van der Waals surface area contributed by atoms with E-state index in [1.54, 1.807) is 0 Å². The molecule has 1 fully saturated rings. The molecular formula is C17H19N5O8S. The van der Waals surface area contributed by atoms with E-state index >= 15 is 0 Å². The number of carbonyl (C=O) groups excluding carboxylic acids is 3. The molecule has 2 amide bonds. The van der Waals surface area contributed by atoms with Gasteiger partial charge in [-0.2, -0.15) is 5.10 Å². The molecule has 14 heteroatoms. The van der Waals surface area contributed by atoms with Gasteiger partial charge in [0.1, 0.15) is 41.7 Å². The molecule has 1 aromatic heterocycles. The zero-order valence-corrected chi connectivity index (χ0v) is 17.5. The number of thioether (sulfide) groups is 1. The third kappa shape index (κ3) is 4.10. The van der Waals surface area contributed by atoms with Crippen molar-refractivity contribution < 1.29 is 33.9 Å². The fourth-order valence-corrected chi connectivity index (χ4v) is 4.55. The number of rotatable bonds is 7. The number of carboxylic acid groups (broad SMARTS) is 1. The molecule has 2 aliphatic rings. The maximum absolute atomic E-state index is 12.6. The van der Waals surface area contributed by atoms with Crippen LogP contribution in [0, 0.1) is 17.0 Å². The Morgan fingerprint density at radius 3 is 2.71 bits per heavy atom. The molecule has 31 heavy (non-hydrogen) atoms. The highest BCUT2D eigenvalue weighted by molar-refractivity contribution is 8.00. The van der Waals surface area contributed by atoms with E-state index < -0.39 is 46.1 Å². The summed E-state index contributed by atoms with van der Waals surface area (Å²) < 4.78 is 6.00. The van der Waals surface area contributed by atoms with Crippen LogP contribution in [0.1, 0.15) is 25.6 Å². The first-order chi connectivity index (χ1) is 14.5. The second-order valence-electron chi connectivity index (χ2n) is 6.95. The number of aromatic nitrogens is 2. The van der Waals surface area contributed by atoms with Gasteiger partial charge in [0.2, 0.25) is 5.91 Å². The standard InChI is InChI=1S/C17H19N5O8S/c1-7-11(22(28)29)4-20(19-7)8(2)14(24)18-12-15(25)21-13(17(26)27)10(5-30-9(3)23)6-31-16(12)21/h4,8,12,16H,5-6H2,1-3H3,(H,18,24)(H,26,27)/t8-,12-,16-/m1/s1. The summed E-state index contributed by atoms with van der Waals surface area (Å²) in [6.45, 7) is 3.86. The molecule has 0 radical (unpaired) electrons. The van der Waals surface area contributed by atoms with E-state index in [9.17, 15) is 34.4 Å². The zero-order valence-electron chi connectivity index (χ0n) is 16.7. The van der Waals surface area contributed by atoms with E-state index in [4.69, 9.17) is 4.74 Å². The van der Waals surface area contributed by atoms with Gasteiger partial charge in [-0.3, -0.25) is 34.1 Å². The summed E-state index contributed by atoms with van der Waals surface area (Å²) in [5.41, 5.74) is -0.0542. The van der Waals surface area contributed by atoms with Crippen molar-refractivity contribution in [2.24, 2.45) is 0 Å². The minimum atomic E-state index is -1.33. The first-order valence-electron chi connectivity index (χ1n) is 9.06. The fraction of sp³-hybridized carbons (Fsp3) is 0.471. The van der Waals surface area contributed by atoms with Crippen LogP contribution in [0.2, 0.25) is 0 Å². The van der Waals surface area contributed by atoms with Crippen LogP contribution in [0.4, 0.5) is 5.69 Å². The number of carboxylic acids is 1. The summed E-state index contributed by atoms with van der Waals surface area (Å²) in [5.74, 6) is -2.91. The predicted octanol–water partition coefficient (Wildman–Crippen LogP) is -0.0376. The van der Waals surface area contributed by atoms with Crippen LogP contribution >= 0.6 is 11.8 Å². The molecule has 0 aromatic carbocycles. The number of nitrogens with zero attached hydrogens (tertiary/aromatic N) is 4. The molecule has 3 atom stereocenters. The second-order valence-corrected chi connectivity index (χ2v) is 8.05. The van der Waals surface area contributed by atoms with E-state index in [1.165, 1.54) is 32.5 Å². The van der Waals surface area contributed by atoms with Gasteiger partial charge in [-0.25, -0.2) is 4.79 Å². The quantitative estimate of drug-likeness (QED) is 0.247. The highest BCUT2D eigenvalue weighted by Crippen LogP contribution is 2.40. The molecule has 0 spiro atoms. The number of carbonyl (C=O) groups is 4. The Morgan fingerprint density at radius 1 is 1.48 bits per heavy atom. The molecule has 3 heterocycles. The van der Waals surface area contributed by atoms with Crippen molar-refractivity contribution in [3.05, 3.63) is 33.3 Å². The number of β-lactam (4-membered cyclic amide) rings is 1. The third-order valence-electron chi connectivity index (χ3n) is 4.86. The van der Waals surface area contributed by atoms with Crippen LogP contribution in [0.3, 0.4) is 0 Å². The molecule has 13 nitrogen and oxygen atoms in total. The first kappa shape index (κ1) is 22.3. The normalized spacial score (nSPS) is 21.1. The molecule has 1 aromatic rings. The molecule has 0 saturated carbocycles. The Kier molecular flexibility index (Phi) is 6.01. The zero-order chi connectivity index (χ0) is 23.0. The van der Waals surface area contributed by atoms with Crippen LogP contribution in [0.5, 0.6) is 0 Å². The largest absolute Gasteiger partial charge is 0.477 e. The van der Waals surface area contributed by atoms with E-state index in [0.29, 0.717) is 0 Å². The number of hydrogen-bond donors (Lipinski definition) is 2. The van der Waals surface area contributed by atoms with Crippen molar-refractivity contribution in [2.75, 3.05) is 12.4 Å². The van der Waals surface area contributed by atoms with Gasteiger partial charge in [-0.1, -0.05) is 0 Å². The Bertz CT molecular complexity index is 1020. The maximum atomic E-state index is 12.6. The van der Waals surface area contributed by atoms with Crippen LogP contribution in [-0.2, 0) is 23.9 Å². The van der Waals surface area contributed by atoms with Crippen molar-refractivity contribution in [1.82, 2.24) is 20.0 Å². The Balaban J connectivity index is 1.73. The summed E-state index contributed by atoms with van der Waals surface area (Å²) in [6.07, 6.45) is 1.14. The first-order valence-corrected chi connectivity index (χ1v) is 10.1. The molecule has 166 valence electrons. The van der Waals surface area contributed by atoms with Gasteiger partial charge in [0.15, 0.2) is 0 Å². The molecule has 0 unspecified atom stereocenters. The van der Waals surface area contributed by atoms with Gasteiger partial charge < -0.3 is 15.2 Å². The summed E-state index contributed by atoms with van der Waals surface area (Å²) >= 11 is 1.23. The predicted molar refractivity (Wildman–Crippen MR) is 105 cm³/mol. The van der Waals surface area contributed by atoms with Crippen molar-refractivity contribution in [2.45, 2.75) is 38.2 Å². The number of fused-ring (bicyclic) bond motifs is 1. The lowest BCUT2D eigenvalue weighted by Crippen LogP contribution is -2.71. The maximum Gasteiger partial charge on any atom is 0.352 e. The lowest BCUT2D eigenvalue weighted by Gasteiger charge is -2.49. The van der Waals surface area contributed by atoms with Gasteiger partial charge in [0.05, 0.1) is 4.92 Å². The van der Waals surface area contributed by atoms with Crippen molar-refractivity contribution >= 4 is 41.2 Å². The van der Waals surface area contributed by atoms with Crippen LogP contribution in [0.15, 0.2) is 17.5 Å². The summed E-state index contributed by atoms with van der Waals surface area (Å²) in [6, 6.07) is -1.90. The number of amides is 2. The van der Waals surface area contributed by atoms with Crippen molar-refractivity contribution in [1.29, 1.82) is 0 Å². The van der Waals surface area contributed by atoms with E-state index in [0.717, 1.165) is 15.8 Å². The van der Waals surface area contributed by atoms with Crippen molar-refractivity contribution in [3.63, 3.8) is 0 Å². The molecular weight excluding hydrogens is 434 g/mol. The molecule has 3 rings (SSSR count). The lowest BCUT2D eigenvalue weighted by atomic mass is 10.0. The Labute approximate surface area is 179 Å². The highest BCUT2D eigenvalue weighted by Gasteiger charge is 2.54. The second kappa shape index (κ2) is 8.37. The molecule has 1 saturated heterocycles. The van der Waals surface area contributed by atoms with Crippen LogP contribution in [-0.4, -0.2) is 72.2 Å². The van der Waals surface area contributed by atoms with E-state index in [1.807, 2.05) is 0 Å². The summed E-state index contributed by atoms with van der Waals surface area (Å²) in [7, 11) is 0. The molecule has 2 N–H and O–H groups in total. The number of hydrogen-bond acceptors (Lipinski definition) is 9. The van der Waals surface area contributed by atoms with Gasteiger partial charge in [-0.15, -0.1) is 11.8 Å². The van der Waals surface area contributed by atoms with Crippen LogP contribution in [0.25, 0.3) is 0 Å². The van der Waals surface area contributed by atoms with Gasteiger partial charge in [0, 0.05) is 18.2 Å². The average molecular weight is 453 g/mol. The topological polar surface area (TPSA) is 174 Å². The van der Waals surface area contributed by atoms with E-state index in [-0.39, 0.29) is 35.0 Å². The van der Waals surface area contributed by atoms with Crippen molar-refractivity contribution in [3.8, 4) is 0 Å². The minimum absolute atomic E-state index is 0.148. The fourth-order valence-electron chi connectivity index (χ4n) is 3.23. The van der Waals surface area contributed by atoms with Crippen LogP contribution < -0.4 is 5.32 Å². The molecule has 0 bridgehead atoms. The SMILES string of the molecule is CC(=O)OCC1=C(C(=O)O)N2C(=O)[C@@H](NC(=O)[C@@H](C)n3cc([N+](=O)[O-])c(C)n3)[C@H]2SC1. The number of esters is 1. The average Bonchev–Trinajstić information content (AvgIpc) is 3.10. The number of nitrogens with one attached hydrogen (secondary N) is 1. The Morgan fingerprint density at radius 2 is 2.16 bits per heavy atom. The number of aryl methyl sites for hydroxylation is 1. The summed E-state index contributed by atoms with van der Waals surface area (Å²) in [4.78, 5) is 59.4. The highest BCUT2D eigenvalue weighted by atomic mass is 32.2. The van der Waals surface area contributed by atoms with Gasteiger partial charge >= 0.3 is 17.6 Å². The number of nitro groups is 1. The van der Waals surface area contributed by atoms with Gasteiger partial charge in [-0.05, 0) is 13.8 Å². The van der Waals surface area contributed by atoms with E-state index in [2.05, 4.69) is 10.4 Å². The number of ether oxygens (including phenoxy) is 1. The lowest BCUT2D eigenvalue weighted by molar-refractivity contribution is -0.385. The smallest absolute Gasteiger partial charge is 0.352 e. The number of aliphatic carboxylic acids is 1. The Hall–Kier alpha value is -3.42. The monoisotopic (exact) mass is 453 g/mol.